The third kappa shape index (κ3) is 6.00. The molecule has 33 heavy (non-hydrogen) atoms. The van der Waals surface area contributed by atoms with Crippen LogP contribution in [0.2, 0.25) is 0 Å². The largest absolute Gasteiger partial charge is 0.497 e. The fourth-order valence-corrected chi connectivity index (χ4v) is 4.46. The first kappa shape index (κ1) is 24.5. The van der Waals surface area contributed by atoms with E-state index in [-0.39, 0.29) is 29.5 Å². The molecule has 0 atom stereocenters. The van der Waals surface area contributed by atoms with Gasteiger partial charge in [0, 0.05) is 18.2 Å². The minimum absolute atomic E-state index is 0.00121. The molecular weight excluding hydrogens is 442 g/mol. The van der Waals surface area contributed by atoms with Gasteiger partial charge in [-0.2, -0.15) is 5.10 Å². The van der Waals surface area contributed by atoms with Gasteiger partial charge in [0.05, 0.1) is 26.0 Å². The monoisotopic (exact) mass is 471 g/mol. The molecule has 176 valence electrons. The molecule has 0 spiro atoms. The maximum atomic E-state index is 13.0. The molecular formula is C24H29N3O5S. The zero-order valence-corrected chi connectivity index (χ0v) is 20.1. The van der Waals surface area contributed by atoms with E-state index in [2.05, 4.69) is 9.82 Å². The first-order valence-electron chi connectivity index (χ1n) is 10.7. The van der Waals surface area contributed by atoms with Crippen LogP contribution < -0.4 is 19.8 Å². The molecule has 1 heterocycles. The molecule has 3 rings (SSSR count). The van der Waals surface area contributed by atoms with Crippen LogP contribution in [-0.4, -0.2) is 38.5 Å². The summed E-state index contributed by atoms with van der Waals surface area (Å²) < 4.78 is 40.5. The molecule has 3 aromatic rings. The lowest BCUT2D eigenvalue weighted by atomic mass is 10.0. The Balaban J connectivity index is 1.78. The molecule has 0 aliphatic heterocycles. The Labute approximate surface area is 194 Å². The minimum atomic E-state index is -3.85. The van der Waals surface area contributed by atoms with Crippen molar-refractivity contribution in [1.82, 2.24) is 14.5 Å². The van der Waals surface area contributed by atoms with Gasteiger partial charge in [-0.25, -0.2) is 17.8 Å². The van der Waals surface area contributed by atoms with Gasteiger partial charge in [0.1, 0.15) is 16.4 Å². The van der Waals surface area contributed by atoms with Gasteiger partial charge in [-0.1, -0.05) is 19.9 Å². The maximum Gasteiger partial charge on any atom is 0.266 e. The van der Waals surface area contributed by atoms with Gasteiger partial charge in [0.25, 0.3) is 5.56 Å². The molecule has 0 saturated heterocycles. The van der Waals surface area contributed by atoms with Gasteiger partial charge >= 0.3 is 0 Å². The van der Waals surface area contributed by atoms with Crippen molar-refractivity contribution >= 4 is 10.0 Å². The van der Waals surface area contributed by atoms with Crippen LogP contribution in [0.4, 0.5) is 0 Å². The Morgan fingerprint density at radius 2 is 1.79 bits per heavy atom. The Morgan fingerprint density at radius 1 is 1.06 bits per heavy atom. The van der Waals surface area contributed by atoms with Crippen molar-refractivity contribution in [1.29, 1.82) is 0 Å². The second kappa shape index (κ2) is 10.6. The average molecular weight is 472 g/mol. The highest BCUT2D eigenvalue weighted by Crippen LogP contribution is 2.28. The number of ether oxygens (including phenoxy) is 2. The predicted octanol–water partition coefficient (Wildman–Crippen LogP) is 3.42. The number of methoxy groups -OCH3 is 1. The van der Waals surface area contributed by atoms with Crippen LogP contribution in [0.25, 0.3) is 11.3 Å². The predicted molar refractivity (Wildman–Crippen MR) is 127 cm³/mol. The van der Waals surface area contributed by atoms with E-state index in [0.717, 1.165) is 16.9 Å². The standard InChI is InChI=1S/C24H29N3O5S/c1-5-32-22-12-8-19(17(2)3)16-23(22)33(29,30)25-14-15-27-24(28)13-11-21(26-27)18-6-9-20(31-4)10-7-18/h6-13,16-17,25H,5,14-15H2,1-4H3. The summed E-state index contributed by atoms with van der Waals surface area (Å²) in [6.07, 6.45) is 0. The first-order chi connectivity index (χ1) is 15.7. The molecule has 0 unspecified atom stereocenters. The molecule has 1 aromatic heterocycles. The summed E-state index contributed by atoms with van der Waals surface area (Å²) in [7, 11) is -2.27. The highest BCUT2D eigenvalue weighted by atomic mass is 32.2. The summed E-state index contributed by atoms with van der Waals surface area (Å²) in [4.78, 5) is 12.4. The molecule has 0 bridgehead atoms. The number of benzene rings is 2. The van der Waals surface area contributed by atoms with E-state index in [1.807, 2.05) is 44.2 Å². The molecule has 2 aromatic carbocycles. The molecule has 8 nitrogen and oxygen atoms in total. The lowest BCUT2D eigenvalue weighted by molar-refractivity contribution is 0.330. The van der Waals surface area contributed by atoms with Crippen molar-refractivity contribution in [3.63, 3.8) is 0 Å². The van der Waals surface area contributed by atoms with Crippen LogP contribution >= 0.6 is 0 Å². The lowest BCUT2D eigenvalue weighted by Gasteiger charge is -2.15. The number of nitrogens with one attached hydrogen (secondary N) is 1. The molecule has 0 fully saturated rings. The maximum absolute atomic E-state index is 13.0. The van der Waals surface area contributed by atoms with Gasteiger partial charge in [-0.05, 0) is 60.9 Å². The minimum Gasteiger partial charge on any atom is -0.497 e. The summed E-state index contributed by atoms with van der Waals surface area (Å²) in [5, 5.41) is 4.38. The van der Waals surface area contributed by atoms with Crippen LogP contribution in [0.1, 0.15) is 32.3 Å². The second-order valence-corrected chi connectivity index (χ2v) is 9.44. The Bertz CT molecular complexity index is 1250. The van der Waals surface area contributed by atoms with Gasteiger partial charge in [-0.15, -0.1) is 0 Å². The third-order valence-corrected chi connectivity index (χ3v) is 6.57. The highest BCUT2D eigenvalue weighted by molar-refractivity contribution is 7.89. The first-order valence-corrected chi connectivity index (χ1v) is 12.2. The zero-order valence-electron chi connectivity index (χ0n) is 19.2. The third-order valence-electron chi connectivity index (χ3n) is 5.09. The van der Waals surface area contributed by atoms with Crippen LogP contribution in [0, 0.1) is 0 Å². The van der Waals surface area contributed by atoms with E-state index in [0.29, 0.717) is 18.1 Å². The van der Waals surface area contributed by atoms with Crippen LogP contribution in [-0.2, 0) is 16.6 Å². The fourth-order valence-electron chi connectivity index (χ4n) is 3.26. The van der Waals surface area contributed by atoms with E-state index >= 15 is 0 Å². The van der Waals surface area contributed by atoms with Crippen LogP contribution in [0.15, 0.2) is 64.3 Å². The van der Waals surface area contributed by atoms with E-state index in [1.165, 1.54) is 10.7 Å². The van der Waals surface area contributed by atoms with E-state index in [9.17, 15) is 13.2 Å². The smallest absolute Gasteiger partial charge is 0.266 e. The average Bonchev–Trinajstić information content (AvgIpc) is 2.80. The molecule has 1 N–H and O–H groups in total. The van der Waals surface area contributed by atoms with Gasteiger partial charge in [-0.3, -0.25) is 4.79 Å². The highest BCUT2D eigenvalue weighted by Gasteiger charge is 2.21. The van der Waals surface area contributed by atoms with Crippen LogP contribution in [0.3, 0.4) is 0 Å². The molecule has 0 amide bonds. The van der Waals surface area contributed by atoms with Crippen molar-refractivity contribution < 1.29 is 17.9 Å². The number of sulfonamides is 1. The van der Waals surface area contributed by atoms with Gasteiger partial charge in [0.15, 0.2) is 0 Å². The van der Waals surface area contributed by atoms with Crippen LogP contribution in [0.5, 0.6) is 11.5 Å². The summed E-state index contributed by atoms with van der Waals surface area (Å²) in [5.74, 6) is 1.18. The van der Waals surface area contributed by atoms with Gasteiger partial charge < -0.3 is 9.47 Å². The number of rotatable bonds is 10. The zero-order chi connectivity index (χ0) is 24.0. The van der Waals surface area contributed by atoms with E-state index < -0.39 is 10.0 Å². The number of nitrogens with zero attached hydrogens (tertiary/aromatic N) is 2. The van der Waals surface area contributed by atoms with Crippen molar-refractivity contribution in [3.05, 3.63) is 70.5 Å². The number of hydrogen-bond donors (Lipinski definition) is 1. The number of aromatic nitrogens is 2. The van der Waals surface area contributed by atoms with Crippen molar-refractivity contribution in [3.8, 4) is 22.8 Å². The summed E-state index contributed by atoms with van der Waals surface area (Å²) >= 11 is 0. The second-order valence-electron chi connectivity index (χ2n) is 7.70. The SMILES string of the molecule is CCOc1ccc(C(C)C)cc1S(=O)(=O)NCCn1nc(-c2ccc(OC)cc2)ccc1=O. The Kier molecular flexibility index (Phi) is 7.88. The summed E-state index contributed by atoms with van der Waals surface area (Å²) in [6, 6.07) is 15.5. The topological polar surface area (TPSA) is 99.5 Å². The lowest BCUT2D eigenvalue weighted by Crippen LogP contribution is -2.32. The fraction of sp³-hybridized carbons (Fsp3) is 0.333. The summed E-state index contributed by atoms with van der Waals surface area (Å²) in [5.41, 5.74) is 1.99. The number of hydrogen-bond acceptors (Lipinski definition) is 6. The molecule has 0 saturated carbocycles. The summed E-state index contributed by atoms with van der Waals surface area (Å²) in [6.45, 7) is 6.21. The van der Waals surface area contributed by atoms with Crippen molar-refractivity contribution in [2.24, 2.45) is 0 Å². The van der Waals surface area contributed by atoms with Crippen molar-refractivity contribution in [2.75, 3.05) is 20.3 Å². The van der Waals surface area contributed by atoms with E-state index in [1.54, 1.807) is 32.2 Å². The molecule has 0 aliphatic rings. The van der Waals surface area contributed by atoms with Crippen molar-refractivity contribution in [2.45, 2.75) is 38.1 Å². The molecule has 0 aliphatic carbocycles. The Hall–Kier alpha value is -3.17. The molecule has 0 radical (unpaired) electrons. The molecule has 9 heteroatoms. The van der Waals surface area contributed by atoms with Gasteiger partial charge in [0.2, 0.25) is 10.0 Å². The quantitative estimate of drug-likeness (QED) is 0.486. The normalized spacial score (nSPS) is 11.5. The van der Waals surface area contributed by atoms with E-state index in [4.69, 9.17) is 9.47 Å². The Morgan fingerprint density at radius 3 is 2.42 bits per heavy atom.